The predicted octanol–water partition coefficient (Wildman–Crippen LogP) is 3.09. The van der Waals surface area contributed by atoms with Crippen molar-refractivity contribution in [1.82, 2.24) is 4.98 Å². The van der Waals surface area contributed by atoms with Crippen LogP contribution in [0.1, 0.15) is 25.8 Å². The Hall–Kier alpha value is -0.760. The highest BCUT2D eigenvalue weighted by atomic mass is 35.5. The molecule has 0 aromatic carbocycles. The molecule has 1 aromatic rings. The molecular formula is C10H14ClNO. The van der Waals surface area contributed by atoms with Gasteiger partial charge in [0.2, 0.25) is 5.88 Å². The van der Waals surface area contributed by atoms with Crippen LogP contribution >= 0.6 is 11.6 Å². The third kappa shape index (κ3) is 2.88. The van der Waals surface area contributed by atoms with E-state index in [-0.39, 0.29) is 0 Å². The maximum absolute atomic E-state index is 5.83. The fourth-order valence-corrected chi connectivity index (χ4v) is 1.36. The van der Waals surface area contributed by atoms with Gasteiger partial charge < -0.3 is 4.74 Å². The Morgan fingerprint density at radius 3 is 2.85 bits per heavy atom. The second-order valence-corrected chi connectivity index (χ2v) is 3.24. The minimum Gasteiger partial charge on any atom is -0.478 e. The summed E-state index contributed by atoms with van der Waals surface area (Å²) in [5, 5.41) is 0.673. The van der Waals surface area contributed by atoms with E-state index in [1.807, 2.05) is 13.0 Å². The van der Waals surface area contributed by atoms with Crippen LogP contribution in [0.4, 0.5) is 0 Å². The smallest absolute Gasteiger partial charge is 0.216 e. The first kappa shape index (κ1) is 10.3. The van der Waals surface area contributed by atoms with Gasteiger partial charge in [-0.2, -0.15) is 0 Å². The normalized spacial score (nSPS) is 10.1. The van der Waals surface area contributed by atoms with Crippen LogP contribution in [0.2, 0.25) is 5.02 Å². The molecule has 0 N–H and O–H groups in total. The van der Waals surface area contributed by atoms with Crippen molar-refractivity contribution in [3.05, 3.63) is 22.8 Å². The molecule has 0 aliphatic rings. The third-order valence-corrected chi connectivity index (χ3v) is 1.90. The zero-order chi connectivity index (χ0) is 9.68. The van der Waals surface area contributed by atoms with Crippen molar-refractivity contribution in [2.24, 2.45) is 0 Å². The van der Waals surface area contributed by atoms with Crippen LogP contribution < -0.4 is 4.74 Å². The topological polar surface area (TPSA) is 22.1 Å². The summed E-state index contributed by atoms with van der Waals surface area (Å²) in [4.78, 5) is 4.13. The van der Waals surface area contributed by atoms with Crippen LogP contribution in [-0.4, -0.2) is 11.6 Å². The zero-order valence-electron chi connectivity index (χ0n) is 8.01. The van der Waals surface area contributed by atoms with Crippen LogP contribution in [0.25, 0.3) is 0 Å². The third-order valence-electron chi connectivity index (χ3n) is 1.69. The van der Waals surface area contributed by atoms with Gasteiger partial charge in [0.25, 0.3) is 0 Å². The second kappa shape index (κ2) is 5.07. The molecular weight excluding hydrogens is 186 g/mol. The Morgan fingerprint density at radius 2 is 2.23 bits per heavy atom. The molecule has 0 spiro atoms. The lowest BCUT2D eigenvalue weighted by atomic mass is 10.1. The Labute approximate surface area is 83.9 Å². The minimum atomic E-state index is 0.644. The lowest BCUT2D eigenvalue weighted by Crippen LogP contribution is -1.99. The molecule has 1 rings (SSSR count). The van der Waals surface area contributed by atoms with E-state index in [9.17, 15) is 0 Å². The number of hydrogen-bond acceptors (Lipinski definition) is 2. The van der Waals surface area contributed by atoms with E-state index in [1.165, 1.54) is 0 Å². The molecule has 1 aromatic heterocycles. The second-order valence-electron chi connectivity index (χ2n) is 2.80. The first-order valence-electron chi connectivity index (χ1n) is 4.55. The van der Waals surface area contributed by atoms with E-state index in [0.717, 1.165) is 18.4 Å². The molecule has 0 fully saturated rings. The quantitative estimate of drug-likeness (QED) is 0.744. The molecule has 0 saturated carbocycles. The molecule has 0 atom stereocenters. The SMILES string of the molecule is CCCc1cc(Cl)cnc1OCC. The van der Waals surface area contributed by atoms with Gasteiger partial charge in [-0.15, -0.1) is 0 Å². The highest BCUT2D eigenvalue weighted by Gasteiger charge is 2.04. The van der Waals surface area contributed by atoms with Gasteiger partial charge in [-0.1, -0.05) is 24.9 Å². The Kier molecular flexibility index (Phi) is 4.03. The molecule has 0 amide bonds. The Bertz CT molecular complexity index is 276. The Balaban J connectivity index is 2.89. The summed E-state index contributed by atoms with van der Waals surface area (Å²) < 4.78 is 5.37. The van der Waals surface area contributed by atoms with Gasteiger partial charge in [0.05, 0.1) is 11.6 Å². The van der Waals surface area contributed by atoms with Crippen LogP contribution in [0.15, 0.2) is 12.3 Å². The molecule has 1 heterocycles. The molecule has 0 radical (unpaired) electrons. The standard InChI is InChI=1S/C10H14ClNO/c1-3-5-8-6-9(11)7-12-10(8)13-4-2/h6-7H,3-5H2,1-2H3. The summed E-state index contributed by atoms with van der Waals surface area (Å²) in [6, 6.07) is 1.92. The highest BCUT2D eigenvalue weighted by Crippen LogP contribution is 2.20. The van der Waals surface area contributed by atoms with Crippen molar-refractivity contribution < 1.29 is 4.74 Å². The maximum atomic E-state index is 5.83. The number of nitrogens with zero attached hydrogens (tertiary/aromatic N) is 1. The van der Waals surface area contributed by atoms with Crippen molar-refractivity contribution in [3.63, 3.8) is 0 Å². The van der Waals surface area contributed by atoms with Crippen molar-refractivity contribution in [2.45, 2.75) is 26.7 Å². The van der Waals surface area contributed by atoms with E-state index < -0.39 is 0 Å². The van der Waals surface area contributed by atoms with Crippen molar-refractivity contribution in [2.75, 3.05) is 6.61 Å². The molecule has 13 heavy (non-hydrogen) atoms. The van der Waals surface area contributed by atoms with Crippen molar-refractivity contribution in [3.8, 4) is 5.88 Å². The van der Waals surface area contributed by atoms with Crippen LogP contribution in [0.5, 0.6) is 5.88 Å². The lowest BCUT2D eigenvalue weighted by Gasteiger charge is -2.07. The van der Waals surface area contributed by atoms with E-state index in [1.54, 1.807) is 6.20 Å². The van der Waals surface area contributed by atoms with Gasteiger partial charge in [-0.25, -0.2) is 4.98 Å². The molecule has 0 bridgehead atoms. The zero-order valence-corrected chi connectivity index (χ0v) is 8.77. The van der Waals surface area contributed by atoms with Crippen LogP contribution in [0.3, 0.4) is 0 Å². The van der Waals surface area contributed by atoms with E-state index >= 15 is 0 Å². The summed E-state index contributed by atoms with van der Waals surface area (Å²) >= 11 is 5.83. The number of pyridine rings is 1. The molecule has 2 nitrogen and oxygen atoms in total. The molecule has 3 heteroatoms. The minimum absolute atomic E-state index is 0.644. The van der Waals surface area contributed by atoms with Crippen LogP contribution in [0, 0.1) is 0 Å². The predicted molar refractivity (Wildman–Crippen MR) is 54.4 cm³/mol. The fraction of sp³-hybridized carbons (Fsp3) is 0.500. The molecule has 72 valence electrons. The van der Waals surface area contributed by atoms with E-state index in [4.69, 9.17) is 16.3 Å². The average Bonchev–Trinajstić information content (AvgIpc) is 2.10. The summed E-state index contributed by atoms with van der Waals surface area (Å²) in [6.45, 7) is 4.72. The van der Waals surface area contributed by atoms with Gasteiger partial charge in [0.1, 0.15) is 0 Å². The number of halogens is 1. The largest absolute Gasteiger partial charge is 0.478 e. The summed E-state index contributed by atoms with van der Waals surface area (Å²) in [5.41, 5.74) is 1.09. The number of aromatic nitrogens is 1. The summed E-state index contributed by atoms with van der Waals surface area (Å²) in [6.07, 6.45) is 3.65. The number of rotatable bonds is 4. The number of ether oxygens (including phenoxy) is 1. The van der Waals surface area contributed by atoms with E-state index in [2.05, 4.69) is 11.9 Å². The average molecular weight is 200 g/mol. The lowest BCUT2D eigenvalue weighted by molar-refractivity contribution is 0.323. The van der Waals surface area contributed by atoms with Crippen molar-refractivity contribution >= 4 is 11.6 Å². The highest BCUT2D eigenvalue weighted by molar-refractivity contribution is 6.30. The van der Waals surface area contributed by atoms with Gasteiger partial charge in [-0.05, 0) is 19.4 Å². The van der Waals surface area contributed by atoms with E-state index in [0.29, 0.717) is 17.5 Å². The summed E-state index contributed by atoms with van der Waals surface area (Å²) in [5.74, 6) is 0.716. The monoisotopic (exact) mass is 199 g/mol. The van der Waals surface area contributed by atoms with Gasteiger partial charge in [-0.3, -0.25) is 0 Å². The fourth-order valence-electron chi connectivity index (χ4n) is 1.18. The molecule has 0 unspecified atom stereocenters. The molecule has 0 saturated heterocycles. The first-order valence-corrected chi connectivity index (χ1v) is 4.93. The van der Waals surface area contributed by atoms with Gasteiger partial charge in [0.15, 0.2) is 0 Å². The number of hydrogen-bond donors (Lipinski definition) is 0. The molecule has 0 aliphatic heterocycles. The van der Waals surface area contributed by atoms with Gasteiger partial charge >= 0.3 is 0 Å². The van der Waals surface area contributed by atoms with Gasteiger partial charge in [0, 0.05) is 11.8 Å². The maximum Gasteiger partial charge on any atom is 0.216 e. The Morgan fingerprint density at radius 1 is 1.46 bits per heavy atom. The number of aryl methyl sites for hydroxylation is 1. The van der Waals surface area contributed by atoms with Crippen LogP contribution in [-0.2, 0) is 6.42 Å². The van der Waals surface area contributed by atoms with Crippen molar-refractivity contribution in [1.29, 1.82) is 0 Å². The summed E-state index contributed by atoms with van der Waals surface area (Å²) in [7, 11) is 0. The first-order chi connectivity index (χ1) is 6.27. The molecule has 0 aliphatic carbocycles.